The minimum Gasteiger partial charge on any atom is -0.508 e. The van der Waals surface area contributed by atoms with Gasteiger partial charge in [-0.2, -0.15) is 0 Å². The molecule has 21 nitrogen and oxygen atoms in total. The Morgan fingerprint density at radius 2 is 1.39 bits per heavy atom. The van der Waals surface area contributed by atoms with Crippen molar-refractivity contribution in [2.45, 2.75) is 102 Å². The Bertz CT molecular complexity index is 3330. The lowest BCUT2D eigenvalue weighted by Crippen LogP contribution is -2.57. The van der Waals surface area contributed by atoms with Crippen LogP contribution in [-0.2, 0) is 78.3 Å². The zero-order chi connectivity index (χ0) is 65.7. The van der Waals surface area contributed by atoms with Crippen LogP contribution in [0, 0.1) is 11.2 Å². The number of likely N-dealkylation sites (tertiary alicyclic amines) is 1. The van der Waals surface area contributed by atoms with Crippen LogP contribution in [-0.4, -0.2) is 170 Å². The number of phenolic OH excluding ortho intramolecular Hbond substituents is 1. The third-order valence-electron chi connectivity index (χ3n) is 15.6. The first-order chi connectivity index (χ1) is 43.0. The number of piperidine rings is 1. The number of amides is 6. The molecule has 0 bridgehead atoms. The van der Waals surface area contributed by atoms with Gasteiger partial charge in [0.1, 0.15) is 48.4 Å². The highest BCUT2D eigenvalue weighted by atomic mass is 19.1. The number of Topliss-reactive ketones (excluding diaryl/α,β-unsaturated/α-hetero) is 1. The Labute approximate surface area is 524 Å². The van der Waals surface area contributed by atoms with Crippen LogP contribution in [0.4, 0.5) is 4.39 Å². The molecule has 1 fully saturated rings. The van der Waals surface area contributed by atoms with Crippen molar-refractivity contribution >= 4 is 53.2 Å². The molecular formula is C68H81FN6O15. The SMILES string of the molecule is C=CC(=O)OCC(C)(C)C(=O)C(=O)N1CCCC[C@H]1C(=O)O[C@H](CCc1ccc(OC)c(OC)c1F)c1cccc(OCC(=O)N(C)[C@@H](Cc2ccc(O)cc2)C(=O)N[C@H](Cc2ccccc2)C(=O)N(C)CC(=O)N[C@H](Cc2ccccc2)C(=O)N(C)CC)c1. The lowest BCUT2D eigenvalue weighted by molar-refractivity contribution is -0.165. The van der Waals surface area contributed by atoms with E-state index in [4.69, 9.17) is 23.7 Å². The van der Waals surface area contributed by atoms with E-state index in [1.807, 2.05) is 37.3 Å². The Hall–Kier alpha value is -9.60. The fraction of sp³-hybridized carbons (Fsp3) is 0.397. The summed E-state index contributed by atoms with van der Waals surface area (Å²) >= 11 is 0. The molecule has 6 rings (SSSR count). The zero-order valence-electron chi connectivity index (χ0n) is 52.2. The van der Waals surface area contributed by atoms with Crippen molar-refractivity contribution in [1.29, 1.82) is 0 Å². The third kappa shape index (κ3) is 19.2. The second-order valence-corrected chi connectivity index (χ2v) is 22.6. The van der Waals surface area contributed by atoms with E-state index in [9.17, 15) is 48.3 Å². The van der Waals surface area contributed by atoms with Gasteiger partial charge in [-0.15, -0.1) is 0 Å². The molecule has 6 amide bonds. The number of methoxy groups -OCH3 is 2. The lowest BCUT2D eigenvalue weighted by Gasteiger charge is -2.36. The van der Waals surface area contributed by atoms with Crippen LogP contribution < -0.4 is 24.8 Å². The molecule has 1 heterocycles. The van der Waals surface area contributed by atoms with Crippen LogP contribution >= 0.6 is 0 Å². The minimum absolute atomic E-state index is 0.00920. The van der Waals surface area contributed by atoms with Crippen molar-refractivity contribution in [2.75, 3.05) is 68.2 Å². The number of phenols is 1. The van der Waals surface area contributed by atoms with E-state index in [0.29, 0.717) is 36.1 Å². The van der Waals surface area contributed by atoms with Crippen LogP contribution in [0.3, 0.4) is 0 Å². The summed E-state index contributed by atoms with van der Waals surface area (Å²) in [4.78, 5) is 130. The van der Waals surface area contributed by atoms with E-state index in [2.05, 4.69) is 17.2 Å². The van der Waals surface area contributed by atoms with Gasteiger partial charge in [-0.3, -0.25) is 33.6 Å². The number of aryl methyl sites for hydroxylation is 1. The third-order valence-corrected chi connectivity index (χ3v) is 15.6. The van der Waals surface area contributed by atoms with Crippen molar-refractivity contribution in [3.8, 4) is 23.0 Å². The first-order valence-corrected chi connectivity index (χ1v) is 29.7. The summed E-state index contributed by atoms with van der Waals surface area (Å²) in [6, 6.07) is 28.8. The highest BCUT2D eigenvalue weighted by Gasteiger charge is 2.43. The second-order valence-electron chi connectivity index (χ2n) is 22.6. The molecule has 22 heteroatoms. The first-order valence-electron chi connectivity index (χ1n) is 29.7. The molecule has 1 saturated heterocycles. The maximum Gasteiger partial charge on any atom is 0.330 e. The monoisotopic (exact) mass is 1240 g/mol. The van der Waals surface area contributed by atoms with Gasteiger partial charge in [0.15, 0.2) is 23.9 Å². The Balaban J connectivity index is 1.23. The average molecular weight is 1240 g/mol. The lowest BCUT2D eigenvalue weighted by atomic mass is 9.87. The zero-order valence-corrected chi connectivity index (χ0v) is 52.2. The number of halogens is 1. The molecule has 480 valence electrons. The van der Waals surface area contributed by atoms with Crippen molar-refractivity contribution in [3.05, 3.63) is 168 Å². The Kier molecular flexibility index (Phi) is 25.6. The van der Waals surface area contributed by atoms with Crippen LogP contribution in [0.15, 0.2) is 134 Å². The van der Waals surface area contributed by atoms with Gasteiger partial charge in [-0.1, -0.05) is 97.6 Å². The van der Waals surface area contributed by atoms with Crippen LogP contribution in [0.5, 0.6) is 23.0 Å². The van der Waals surface area contributed by atoms with E-state index in [0.717, 1.165) is 21.4 Å². The number of esters is 2. The van der Waals surface area contributed by atoms with Gasteiger partial charge in [0.25, 0.3) is 11.8 Å². The molecule has 1 aliphatic rings. The normalized spacial score (nSPS) is 14.2. The number of likely N-dealkylation sites (N-methyl/N-ethyl adjacent to an activating group) is 3. The van der Waals surface area contributed by atoms with Gasteiger partial charge in [0, 0.05) is 59.6 Å². The van der Waals surface area contributed by atoms with Gasteiger partial charge in [-0.05, 0) is 111 Å². The number of carbonyl (C=O) groups excluding carboxylic acids is 9. The molecule has 5 aromatic rings. The number of ether oxygens (including phenoxy) is 5. The van der Waals surface area contributed by atoms with E-state index >= 15 is 4.39 Å². The largest absolute Gasteiger partial charge is 0.508 e. The summed E-state index contributed by atoms with van der Waals surface area (Å²) in [5.74, 6) is -7.05. The number of nitrogens with zero attached hydrogens (tertiary/aromatic N) is 4. The standard InChI is InChI=1S/C68H81FN6O15/c1-10-59(79)89-43-68(3,4)62(80)66(84)75-36-19-18-27-53(75)67(85)90-55(34-30-47-31-35-56(86-8)61(87-9)60(47)69)48-25-20-26-50(40-48)88-42-58(78)74(7)54(39-46-28-32-49(76)33-29-46)63(81)71-52(38-45-23-16-13-17-24-45)65(83)73(6)41-57(77)70-51(64(82)72(5)11-2)37-44-21-14-12-15-22-44/h10,12-17,20-26,28-29,31-33,35,40,51-55,76H,1,11,18-19,27,30,34,36-39,41-43H2,2-9H3,(H,70,77)(H,71,81)/t51-,52-,53+,54+,55-/m1/s1. The molecule has 90 heavy (non-hydrogen) atoms. The van der Waals surface area contributed by atoms with E-state index in [-0.39, 0.29) is 79.5 Å². The van der Waals surface area contributed by atoms with Crippen molar-refractivity contribution < 1.29 is 76.3 Å². The summed E-state index contributed by atoms with van der Waals surface area (Å²) in [5.41, 5.74) is 1.13. The number of hydrogen-bond donors (Lipinski definition) is 3. The number of benzene rings is 5. The van der Waals surface area contributed by atoms with Crippen LogP contribution in [0.2, 0.25) is 0 Å². The van der Waals surface area contributed by atoms with E-state index in [1.165, 1.54) is 82.3 Å². The van der Waals surface area contributed by atoms with Gasteiger partial charge in [0.05, 0.1) is 26.2 Å². The fourth-order valence-corrected chi connectivity index (χ4v) is 10.2. The number of aromatic hydroxyl groups is 1. The van der Waals surface area contributed by atoms with Crippen LogP contribution in [0.1, 0.15) is 80.4 Å². The summed E-state index contributed by atoms with van der Waals surface area (Å²) in [6.07, 6.45) is 1.02. The maximum atomic E-state index is 16.0. The van der Waals surface area contributed by atoms with Crippen LogP contribution in [0.25, 0.3) is 0 Å². The second kappa shape index (κ2) is 33.1. The molecule has 0 saturated carbocycles. The minimum atomic E-state index is -1.46. The topological polar surface area (TPSA) is 257 Å². The predicted molar refractivity (Wildman–Crippen MR) is 331 cm³/mol. The van der Waals surface area contributed by atoms with E-state index < -0.39 is 109 Å². The molecular weight excluding hydrogens is 1160 g/mol. The van der Waals surface area contributed by atoms with Gasteiger partial charge < -0.3 is 59.0 Å². The molecule has 1 aliphatic heterocycles. The van der Waals surface area contributed by atoms with Crippen molar-refractivity contribution in [3.63, 3.8) is 0 Å². The summed E-state index contributed by atoms with van der Waals surface area (Å²) in [7, 11) is 7.10. The fourth-order valence-electron chi connectivity index (χ4n) is 10.2. The number of rotatable bonds is 31. The smallest absolute Gasteiger partial charge is 0.330 e. The predicted octanol–water partition coefficient (Wildman–Crippen LogP) is 6.31. The van der Waals surface area contributed by atoms with Gasteiger partial charge in [0.2, 0.25) is 29.4 Å². The van der Waals surface area contributed by atoms with Crippen molar-refractivity contribution in [1.82, 2.24) is 30.2 Å². The highest BCUT2D eigenvalue weighted by Crippen LogP contribution is 2.35. The summed E-state index contributed by atoms with van der Waals surface area (Å²) in [5, 5.41) is 15.8. The Morgan fingerprint density at radius 1 is 0.767 bits per heavy atom. The van der Waals surface area contributed by atoms with Gasteiger partial charge in [-0.25, -0.2) is 14.0 Å². The molecule has 0 unspecified atom stereocenters. The van der Waals surface area contributed by atoms with Crippen molar-refractivity contribution in [2.24, 2.45) is 5.41 Å². The summed E-state index contributed by atoms with van der Waals surface area (Å²) in [6.45, 7) is 6.99. The molecule has 0 aromatic heterocycles. The quantitative estimate of drug-likeness (QED) is 0.0250. The highest BCUT2D eigenvalue weighted by molar-refractivity contribution is 6.38. The average Bonchev–Trinajstić information content (AvgIpc) is 2.07. The number of ketones is 1. The summed E-state index contributed by atoms with van der Waals surface area (Å²) < 4.78 is 44.0. The molecule has 0 spiro atoms. The first kappa shape index (κ1) is 69.5. The Morgan fingerprint density at radius 3 is 2.00 bits per heavy atom. The van der Waals surface area contributed by atoms with Gasteiger partial charge >= 0.3 is 11.9 Å². The van der Waals surface area contributed by atoms with E-state index in [1.54, 1.807) is 67.7 Å². The maximum absolute atomic E-state index is 16.0. The molecule has 0 radical (unpaired) electrons. The number of hydrogen-bond acceptors (Lipinski definition) is 15. The molecule has 3 N–H and O–H groups in total. The molecule has 5 aromatic carbocycles. The molecule has 5 atom stereocenters. The number of carbonyl (C=O) groups is 9. The number of nitrogens with one attached hydrogen (secondary N) is 2. The molecule has 0 aliphatic carbocycles.